The fourth-order valence-electron chi connectivity index (χ4n) is 5.20. The van der Waals surface area contributed by atoms with Crippen molar-refractivity contribution in [2.45, 2.75) is 55.3 Å². The Morgan fingerprint density at radius 1 is 1.16 bits per heavy atom. The number of fused-ring (bicyclic) bond motifs is 1. The minimum atomic E-state index is 0.0628. The van der Waals surface area contributed by atoms with Crippen LogP contribution in [0.1, 0.15) is 26.7 Å². The van der Waals surface area contributed by atoms with E-state index in [1.54, 1.807) is 12.4 Å². The van der Waals surface area contributed by atoms with Gasteiger partial charge in [-0.3, -0.25) is 4.68 Å². The van der Waals surface area contributed by atoms with Crippen molar-refractivity contribution in [3.8, 4) is 11.3 Å². The molecule has 11 heteroatoms. The first kappa shape index (κ1) is 24.5. The Balaban J connectivity index is 1.18. The number of aryl methyl sites for hydroxylation is 1. The largest absolute Gasteiger partial charge is 0.376 e. The maximum atomic E-state index is 6.77. The Kier molecular flexibility index (Phi) is 6.52. The minimum absolute atomic E-state index is 0.0628. The quantitative estimate of drug-likeness (QED) is 0.396. The molecule has 2 aliphatic heterocycles. The molecule has 0 unspecified atom stereocenters. The highest BCUT2D eigenvalue weighted by atomic mass is 35.5. The fraction of sp³-hybridized carbons (Fsp3) is 0.423. The molecule has 0 bridgehead atoms. The highest BCUT2D eigenvalue weighted by Crippen LogP contribution is 2.42. The van der Waals surface area contributed by atoms with Crippen LogP contribution in [0.5, 0.6) is 0 Å². The number of benzene rings is 1. The van der Waals surface area contributed by atoms with E-state index in [1.807, 2.05) is 35.1 Å². The van der Waals surface area contributed by atoms with Crippen LogP contribution in [0.15, 0.2) is 52.8 Å². The Hall–Kier alpha value is -2.79. The molecule has 4 aromatic rings. The molecular formula is C26H29ClN8OS. The lowest BCUT2D eigenvalue weighted by Crippen LogP contribution is -2.50. The third-order valence-corrected chi connectivity index (χ3v) is 9.06. The molecule has 0 amide bonds. The van der Waals surface area contributed by atoms with Crippen molar-refractivity contribution < 1.29 is 4.74 Å². The standard InChI is InChI=1S/C26H29ClN8OS/c1-3-35-10-7-18(33-35)17-5-4-6-20(22(17)27)37-21-14-29-24-19(31-21)13-30-25(32-24)34-11-8-26(9-12-34)15-36-16(2)23(26)28/h4-7,10,13-14,16,23H,3,8-9,11-12,15,28H2,1-2H3/t16-,23+/m0/s1. The maximum Gasteiger partial charge on any atom is 0.227 e. The van der Waals surface area contributed by atoms with Gasteiger partial charge in [0.25, 0.3) is 0 Å². The first-order chi connectivity index (χ1) is 18.0. The first-order valence-corrected chi connectivity index (χ1v) is 13.8. The Morgan fingerprint density at radius 3 is 2.73 bits per heavy atom. The SMILES string of the molecule is CCn1ccc(-c2cccc(Sc3cnc4nc(N5CCC6(CC5)CO[C@@H](C)[C@H]6N)ncc4n3)c2Cl)n1. The summed E-state index contributed by atoms with van der Waals surface area (Å²) >= 11 is 8.23. The molecule has 2 aliphatic rings. The average Bonchev–Trinajstić information content (AvgIpc) is 3.51. The summed E-state index contributed by atoms with van der Waals surface area (Å²) in [6.07, 6.45) is 7.50. The number of aromatic nitrogens is 6. The summed E-state index contributed by atoms with van der Waals surface area (Å²) in [4.78, 5) is 21.7. The molecule has 1 aromatic carbocycles. The molecule has 3 aromatic heterocycles. The van der Waals surface area contributed by atoms with E-state index in [4.69, 9.17) is 32.0 Å². The van der Waals surface area contributed by atoms with E-state index >= 15 is 0 Å². The average molecular weight is 537 g/mol. The van der Waals surface area contributed by atoms with E-state index in [-0.39, 0.29) is 17.6 Å². The maximum absolute atomic E-state index is 6.77. The number of halogens is 1. The van der Waals surface area contributed by atoms with Gasteiger partial charge in [-0.15, -0.1) is 0 Å². The van der Waals surface area contributed by atoms with Crippen molar-refractivity contribution in [1.82, 2.24) is 29.7 Å². The smallest absolute Gasteiger partial charge is 0.227 e. The van der Waals surface area contributed by atoms with Gasteiger partial charge < -0.3 is 15.4 Å². The molecule has 37 heavy (non-hydrogen) atoms. The van der Waals surface area contributed by atoms with E-state index in [9.17, 15) is 0 Å². The summed E-state index contributed by atoms with van der Waals surface area (Å²) in [5, 5.41) is 5.96. The van der Waals surface area contributed by atoms with Crippen LogP contribution < -0.4 is 10.6 Å². The van der Waals surface area contributed by atoms with Gasteiger partial charge in [-0.2, -0.15) is 10.1 Å². The summed E-state index contributed by atoms with van der Waals surface area (Å²) in [5.74, 6) is 0.680. The van der Waals surface area contributed by atoms with Gasteiger partial charge >= 0.3 is 0 Å². The molecule has 2 fully saturated rings. The van der Waals surface area contributed by atoms with Gasteiger partial charge in [-0.05, 0) is 38.8 Å². The Morgan fingerprint density at radius 2 is 2.00 bits per heavy atom. The molecule has 2 atom stereocenters. The second kappa shape index (κ2) is 9.83. The van der Waals surface area contributed by atoms with Gasteiger partial charge in [0.2, 0.25) is 5.95 Å². The van der Waals surface area contributed by atoms with Gasteiger partial charge in [0, 0.05) is 47.7 Å². The lowest BCUT2D eigenvalue weighted by molar-refractivity contribution is 0.0973. The third kappa shape index (κ3) is 4.56. The summed E-state index contributed by atoms with van der Waals surface area (Å²) < 4.78 is 7.73. The number of rotatable bonds is 5. The van der Waals surface area contributed by atoms with Crippen molar-refractivity contribution in [2.24, 2.45) is 11.1 Å². The Bertz CT molecular complexity index is 1440. The molecule has 192 valence electrons. The molecule has 2 N–H and O–H groups in total. The third-order valence-electron chi connectivity index (χ3n) is 7.57. The fourth-order valence-corrected chi connectivity index (χ4v) is 6.36. The van der Waals surface area contributed by atoms with Crippen LogP contribution in [0.2, 0.25) is 5.02 Å². The zero-order chi connectivity index (χ0) is 25.6. The van der Waals surface area contributed by atoms with Crippen molar-refractivity contribution >= 4 is 40.5 Å². The number of nitrogens with two attached hydrogens (primary N) is 1. The van der Waals surface area contributed by atoms with Gasteiger partial charge in [0.05, 0.1) is 35.8 Å². The van der Waals surface area contributed by atoms with Gasteiger partial charge in [-0.1, -0.05) is 35.5 Å². The zero-order valence-corrected chi connectivity index (χ0v) is 22.4. The van der Waals surface area contributed by atoms with Crippen LogP contribution in [0.4, 0.5) is 5.95 Å². The summed E-state index contributed by atoms with van der Waals surface area (Å²) in [7, 11) is 0. The van der Waals surface area contributed by atoms with Crippen molar-refractivity contribution in [3.63, 3.8) is 0 Å². The van der Waals surface area contributed by atoms with E-state index in [0.717, 1.165) is 60.3 Å². The molecular weight excluding hydrogens is 508 g/mol. The first-order valence-electron chi connectivity index (χ1n) is 12.6. The number of hydrogen-bond acceptors (Lipinski definition) is 9. The number of hydrogen-bond donors (Lipinski definition) is 1. The van der Waals surface area contributed by atoms with Gasteiger partial charge in [0.1, 0.15) is 10.5 Å². The number of ether oxygens (including phenoxy) is 1. The van der Waals surface area contributed by atoms with E-state index in [1.165, 1.54) is 11.8 Å². The number of piperidine rings is 1. The molecule has 2 saturated heterocycles. The second-order valence-corrected chi connectivity index (χ2v) is 11.2. The number of nitrogens with zero attached hydrogens (tertiary/aromatic N) is 7. The predicted octanol–water partition coefficient (Wildman–Crippen LogP) is 4.44. The molecule has 0 radical (unpaired) electrons. The van der Waals surface area contributed by atoms with Crippen LogP contribution in [-0.4, -0.2) is 61.6 Å². The van der Waals surface area contributed by atoms with Crippen molar-refractivity contribution in [2.75, 3.05) is 24.6 Å². The van der Waals surface area contributed by atoms with Crippen LogP contribution in [-0.2, 0) is 11.3 Å². The second-order valence-electron chi connectivity index (χ2n) is 9.75. The summed E-state index contributed by atoms with van der Waals surface area (Å²) in [6.45, 7) is 7.37. The summed E-state index contributed by atoms with van der Waals surface area (Å²) in [5.41, 5.74) is 9.49. The van der Waals surface area contributed by atoms with E-state index in [0.29, 0.717) is 22.1 Å². The highest BCUT2D eigenvalue weighted by molar-refractivity contribution is 7.99. The van der Waals surface area contributed by atoms with Gasteiger partial charge in [-0.25, -0.2) is 15.0 Å². The van der Waals surface area contributed by atoms with Gasteiger partial charge in [0.15, 0.2) is 5.65 Å². The van der Waals surface area contributed by atoms with Crippen LogP contribution in [0.3, 0.4) is 0 Å². The van der Waals surface area contributed by atoms with E-state index < -0.39 is 0 Å². The molecule has 6 rings (SSSR count). The highest BCUT2D eigenvalue weighted by Gasteiger charge is 2.47. The van der Waals surface area contributed by atoms with Crippen molar-refractivity contribution in [3.05, 3.63) is 47.9 Å². The van der Waals surface area contributed by atoms with Crippen LogP contribution >= 0.6 is 23.4 Å². The molecule has 1 spiro atoms. The molecule has 9 nitrogen and oxygen atoms in total. The lowest BCUT2D eigenvalue weighted by Gasteiger charge is -2.41. The van der Waals surface area contributed by atoms with E-state index in [2.05, 4.69) is 33.8 Å². The van der Waals surface area contributed by atoms with Crippen LogP contribution in [0, 0.1) is 5.41 Å². The lowest BCUT2D eigenvalue weighted by atomic mass is 9.73. The zero-order valence-electron chi connectivity index (χ0n) is 20.8. The predicted molar refractivity (Wildman–Crippen MR) is 145 cm³/mol. The van der Waals surface area contributed by atoms with Crippen molar-refractivity contribution in [1.29, 1.82) is 0 Å². The van der Waals surface area contributed by atoms with Crippen LogP contribution in [0.25, 0.3) is 22.4 Å². The Labute approximate surface area is 224 Å². The topological polar surface area (TPSA) is 108 Å². The minimum Gasteiger partial charge on any atom is -0.376 e. The number of anilines is 1. The molecule has 0 saturated carbocycles. The molecule has 5 heterocycles. The summed E-state index contributed by atoms with van der Waals surface area (Å²) in [6, 6.07) is 7.99. The molecule has 0 aliphatic carbocycles. The normalized spacial score (nSPS) is 21.2. The monoisotopic (exact) mass is 536 g/mol.